The summed E-state index contributed by atoms with van der Waals surface area (Å²) in [4.78, 5) is 24.6. The molecule has 0 rings (SSSR count). The Balaban J connectivity index is 3.34. The van der Waals surface area contributed by atoms with E-state index in [1.165, 1.54) is 353 Å². The second-order valence-corrected chi connectivity index (χ2v) is 25.3. The number of unbranched alkanes of at least 4 members (excludes halogenated alkanes) is 58. The van der Waals surface area contributed by atoms with E-state index in [0.29, 0.717) is 25.9 Å². The van der Waals surface area contributed by atoms with E-state index < -0.39 is 12.1 Å². The number of ether oxygens (including phenoxy) is 1. The predicted molar refractivity (Wildman–Crippen MR) is 343 cm³/mol. The van der Waals surface area contributed by atoms with Crippen molar-refractivity contribution >= 4 is 11.9 Å². The molecule has 0 radical (unpaired) electrons. The lowest BCUT2D eigenvalue weighted by Crippen LogP contribution is -2.45. The van der Waals surface area contributed by atoms with Gasteiger partial charge in [0.15, 0.2) is 0 Å². The first-order valence-corrected chi connectivity index (χ1v) is 36.3. The molecule has 0 aromatic carbocycles. The lowest BCUT2D eigenvalue weighted by molar-refractivity contribution is -0.143. The maximum atomic E-state index is 12.5. The molecular formula is C72H143NO5. The number of nitrogens with one attached hydrogen (secondary N) is 1. The smallest absolute Gasteiger partial charge is 0.305 e. The number of aliphatic hydroxyl groups is 2. The Bertz CT molecular complexity index is 1130. The van der Waals surface area contributed by atoms with E-state index in [4.69, 9.17) is 4.74 Å². The topological polar surface area (TPSA) is 95.9 Å². The van der Waals surface area contributed by atoms with Gasteiger partial charge in [-0.3, -0.25) is 9.59 Å². The van der Waals surface area contributed by atoms with Crippen LogP contribution in [0.1, 0.15) is 425 Å². The summed E-state index contributed by atoms with van der Waals surface area (Å²) in [6.45, 7) is 5.01. The summed E-state index contributed by atoms with van der Waals surface area (Å²) < 4.78 is 5.50. The van der Waals surface area contributed by atoms with Crippen LogP contribution in [0, 0.1) is 0 Å². The summed E-state index contributed by atoms with van der Waals surface area (Å²) in [5, 5.41) is 23.4. The number of hydrogen-bond donors (Lipinski definition) is 3. The van der Waals surface area contributed by atoms with E-state index >= 15 is 0 Å². The van der Waals surface area contributed by atoms with Gasteiger partial charge >= 0.3 is 5.97 Å². The van der Waals surface area contributed by atoms with Gasteiger partial charge in [-0.05, 0) is 25.7 Å². The zero-order chi connectivity index (χ0) is 56.4. The Morgan fingerprint density at radius 3 is 0.782 bits per heavy atom. The number of amides is 1. The molecule has 1 amide bonds. The average Bonchev–Trinajstić information content (AvgIpc) is 3.44. The minimum absolute atomic E-state index is 0.0218. The zero-order valence-electron chi connectivity index (χ0n) is 53.4. The van der Waals surface area contributed by atoms with Crippen LogP contribution in [0.3, 0.4) is 0 Å². The predicted octanol–water partition coefficient (Wildman–Crippen LogP) is 23.4. The highest BCUT2D eigenvalue weighted by atomic mass is 16.5. The second-order valence-electron chi connectivity index (χ2n) is 25.3. The third-order valence-corrected chi connectivity index (χ3v) is 17.4. The summed E-state index contributed by atoms with van der Waals surface area (Å²) in [6.07, 6.45) is 83.0. The van der Waals surface area contributed by atoms with Gasteiger partial charge in [-0.15, -0.1) is 0 Å². The molecule has 0 aromatic heterocycles. The Hall–Kier alpha value is -1.14. The number of carbonyl (C=O) groups is 2. The lowest BCUT2D eigenvalue weighted by atomic mass is 10.0. The fraction of sp³-hybridized carbons (Fsp3) is 0.972. The number of esters is 1. The van der Waals surface area contributed by atoms with Crippen LogP contribution in [0.25, 0.3) is 0 Å². The van der Waals surface area contributed by atoms with Crippen LogP contribution < -0.4 is 5.32 Å². The molecule has 0 heterocycles. The van der Waals surface area contributed by atoms with Gasteiger partial charge in [0.25, 0.3) is 0 Å². The van der Waals surface area contributed by atoms with Gasteiger partial charge in [0.2, 0.25) is 5.91 Å². The number of hydrogen-bond acceptors (Lipinski definition) is 5. The first-order valence-electron chi connectivity index (χ1n) is 36.3. The van der Waals surface area contributed by atoms with Crippen molar-refractivity contribution < 1.29 is 24.5 Å². The summed E-state index contributed by atoms with van der Waals surface area (Å²) in [5.74, 6) is -0.00507. The number of rotatable bonds is 69. The molecule has 466 valence electrons. The van der Waals surface area contributed by atoms with Crippen LogP contribution in [0.5, 0.6) is 0 Å². The van der Waals surface area contributed by atoms with Crippen molar-refractivity contribution in [3.63, 3.8) is 0 Å². The van der Waals surface area contributed by atoms with E-state index in [0.717, 1.165) is 38.5 Å². The molecule has 0 aliphatic heterocycles. The van der Waals surface area contributed by atoms with Gasteiger partial charge in [-0.2, -0.15) is 0 Å². The molecule has 2 atom stereocenters. The molecule has 6 nitrogen and oxygen atoms in total. The zero-order valence-corrected chi connectivity index (χ0v) is 53.4. The molecule has 0 aliphatic carbocycles. The van der Waals surface area contributed by atoms with Crippen LogP contribution in [0.2, 0.25) is 0 Å². The van der Waals surface area contributed by atoms with E-state index in [2.05, 4.69) is 19.2 Å². The molecule has 0 saturated heterocycles. The Morgan fingerprint density at radius 1 is 0.308 bits per heavy atom. The minimum atomic E-state index is -0.662. The standard InChI is InChI=1S/C72H143NO5/c1-3-5-7-9-11-13-15-17-19-20-21-31-34-37-40-44-48-52-56-60-64-70(75)69(68-74)73-71(76)65-61-57-53-49-45-41-38-35-32-29-27-25-23-22-24-26-28-30-33-36-39-43-47-51-55-59-63-67-78-72(77)66-62-58-54-50-46-42-18-16-14-12-10-8-6-4-2/h69-70,74-75H,3-68H2,1-2H3,(H,73,76). The van der Waals surface area contributed by atoms with Gasteiger partial charge in [0.05, 0.1) is 25.4 Å². The molecule has 2 unspecified atom stereocenters. The third kappa shape index (κ3) is 64.0. The Morgan fingerprint density at radius 2 is 0.526 bits per heavy atom. The van der Waals surface area contributed by atoms with Crippen LogP contribution in [-0.2, 0) is 14.3 Å². The van der Waals surface area contributed by atoms with E-state index in [1.807, 2.05) is 0 Å². The minimum Gasteiger partial charge on any atom is -0.466 e. The van der Waals surface area contributed by atoms with Gasteiger partial charge in [0.1, 0.15) is 0 Å². The molecule has 78 heavy (non-hydrogen) atoms. The summed E-state index contributed by atoms with van der Waals surface area (Å²) in [5.41, 5.74) is 0. The van der Waals surface area contributed by atoms with Crippen LogP contribution in [-0.4, -0.2) is 47.4 Å². The van der Waals surface area contributed by atoms with Crippen LogP contribution >= 0.6 is 0 Å². The first-order chi connectivity index (χ1) is 38.5. The van der Waals surface area contributed by atoms with Gasteiger partial charge in [-0.1, -0.05) is 386 Å². The largest absolute Gasteiger partial charge is 0.466 e. The highest BCUT2D eigenvalue weighted by molar-refractivity contribution is 5.76. The van der Waals surface area contributed by atoms with Crippen LogP contribution in [0.4, 0.5) is 0 Å². The third-order valence-electron chi connectivity index (χ3n) is 17.4. The second kappa shape index (κ2) is 68.4. The summed E-state index contributed by atoms with van der Waals surface area (Å²) in [6, 6.07) is -0.539. The number of aliphatic hydroxyl groups excluding tert-OH is 2. The highest BCUT2D eigenvalue weighted by Gasteiger charge is 2.20. The van der Waals surface area contributed by atoms with Gasteiger partial charge in [-0.25, -0.2) is 0 Å². The van der Waals surface area contributed by atoms with Gasteiger partial charge < -0.3 is 20.3 Å². The van der Waals surface area contributed by atoms with Crippen molar-refractivity contribution in [3.8, 4) is 0 Å². The van der Waals surface area contributed by atoms with Crippen molar-refractivity contribution in [1.82, 2.24) is 5.32 Å². The normalized spacial score (nSPS) is 12.4. The molecule has 0 bridgehead atoms. The van der Waals surface area contributed by atoms with Crippen molar-refractivity contribution in [2.45, 2.75) is 437 Å². The maximum absolute atomic E-state index is 12.5. The number of carbonyl (C=O) groups excluding carboxylic acids is 2. The summed E-state index contributed by atoms with van der Waals surface area (Å²) in [7, 11) is 0. The quantitative estimate of drug-likeness (QED) is 0.0417. The monoisotopic (exact) mass is 1100 g/mol. The summed E-state index contributed by atoms with van der Waals surface area (Å²) >= 11 is 0. The first kappa shape index (κ1) is 76.9. The average molecular weight is 1100 g/mol. The highest BCUT2D eigenvalue weighted by Crippen LogP contribution is 2.20. The molecular weight excluding hydrogens is 959 g/mol. The molecule has 3 N–H and O–H groups in total. The fourth-order valence-corrected chi connectivity index (χ4v) is 11.9. The van der Waals surface area contributed by atoms with Crippen molar-refractivity contribution in [3.05, 3.63) is 0 Å². The fourth-order valence-electron chi connectivity index (χ4n) is 11.9. The SMILES string of the molecule is CCCCCCCCCCCCCCCCCCCCCCC(O)C(CO)NC(=O)CCCCCCCCCCCCCCCCCCCCCCCCCCCCCOC(=O)CCCCCCCCCCCCCCCC. The van der Waals surface area contributed by atoms with E-state index in [-0.39, 0.29) is 18.5 Å². The van der Waals surface area contributed by atoms with Gasteiger partial charge in [0, 0.05) is 12.8 Å². The van der Waals surface area contributed by atoms with E-state index in [1.54, 1.807) is 0 Å². The van der Waals surface area contributed by atoms with Crippen LogP contribution in [0.15, 0.2) is 0 Å². The van der Waals surface area contributed by atoms with E-state index in [9.17, 15) is 19.8 Å². The molecule has 0 spiro atoms. The Kier molecular flexibility index (Phi) is 67.4. The van der Waals surface area contributed by atoms with Crippen molar-refractivity contribution in [1.29, 1.82) is 0 Å². The molecule has 0 saturated carbocycles. The maximum Gasteiger partial charge on any atom is 0.305 e. The molecule has 0 aliphatic rings. The molecule has 6 heteroatoms. The Labute approximate surface area is 489 Å². The lowest BCUT2D eigenvalue weighted by Gasteiger charge is -2.22. The molecule has 0 fully saturated rings. The van der Waals surface area contributed by atoms with Crippen molar-refractivity contribution in [2.24, 2.45) is 0 Å². The molecule has 0 aromatic rings. The van der Waals surface area contributed by atoms with Crippen molar-refractivity contribution in [2.75, 3.05) is 13.2 Å².